The number of hydrogen-bond donors (Lipinski definition) is 0. The van der Waals surface area contributed by atoms with Gasteiger partial charge in [0.1, 0.15) is 0 Å². The smallest absolute Gasteiger partial charge is 0.244 e. The predicted octanol–water partition coefficient (Wildman–Crippen LogP) is 4.15. The summed E-state index contributed by atoms with van der Waals surface area (Å²) in [7, 11) is -7.39. The maximum Gasteiger partial charge on any atom is 0.464 e. The van der Waals surface area contributed by atoms with E-state index in [9.17, 15) is 47.4 Å². The molecule has 24 heavy (non-hydrogen) atoms. The lowest BCUT2D eigenvalue weighted by molar-refractivity contribution is -0.463. The normalized spacial score (nSPS) is 29.3. The molecule has 3 nitrogen and oxygen atoms in total. The molecular weight excluding hydrogens is 383 g/mol. The van der Waals surface area contributed by atoms with Gasteiger partial charge in [0.2, 0.25) is 0 Å². The van der Waals surface area contributed by atoms with Crippen molar-refractivity contribution in [3.8, 4) is 0 Å². The summed E-state index contributed by atoms with van der Waals surface area (Å²) in [4.78, 5) is 0. The van der Waals surface area contributed by atoms with Crippen LogP contribution in [0.3, 0.4) is 0 Å². The molecule has 0 saturated heterocycles. The van der Waals surface area contributed by atoms with Gasteiger partial charge in [0, 0.05) is 5.92 Å². The Morgan fingerprint density at radius 2 is 1.38 bits per heavy atom. The van der Waals surface area contributed by atoms with Gasteiger partial charge >= 0.3 is 33.6 Å². The van der Waals surface area contributed by atoms with Crippen LogP contribution in [0.25, 0.3) is 0 Å². The molecule has 0 aliphatic heterocycles. The van der Waals surface area contributed by atoms with Crippen molar-refractivity contribution in [3.05, 3.63) is 0 Å². The van der Waals surface area contributed by atoms with Gasteiger partial charge in [0.25, 0.3) is 0 Å². The Bertz CT molecular complexity index is 604. The van der Waals surface area contributed by atoms with Crippen LogP contribution < -0.4 is 0 Å². The SMILES string of the molecule is O=S(=O)(F)C(F)(F)C(F)(F)OC(F)(F)C(F)(F)C1CC2CCC1C2. The molecular formula is C11H11F9O3S. The van der Waals surface area contributed by atoms with Gasteiger partial charge < -0.3 is 0 Å². The number of fused-ring (bicyclic) bond motifs is 2. The molecule has 2 aliphatic rings. The van der Waals surface area contributed by atoms with E-state index in [4.69, 9.17) is 0 Å². The molecule has 0 heterocycles. The van der Waals surface area contributed by atoms with Crippen molar-refractivity contribution in [3.63, 3.8) is 0 Å². The fourth-order valence-electron chi connectivity index (χ4n) is 3.33. The predicted molar refractivity (Wildman–Crippen MR) is 59.8 cm³/mol. The fraction of sp³-hybridized carbons (Fsp3) is 1.00. The van der Waals surface area contributed by atoms with Crippen LogP contribution in [0.15, 0.2) is 0 Å². The molecule has 0 N–H and O–H groups in total. The second-order valence-electron chi connectivity index (χ2n) is 5.99. The van der Waals surface area contributed by atoms with E-state index in [2.05, 4.69) is 4.74 Å². The molecule has 0 radical (unpaired) electrons. The van der Waals surface area contributed by atoms with Crippen LogP contribution in [0.5, 0.6) is 0 Å². The van der Waals surface area contributed by atoms with E-state index >= 15 is 0 Å². The largest absolute Gasteiger partial charge is 0.464 e. The van der Waals surface area contributed by atoms with Crippen molar-refractivity contribution in [1.29, 1.82) is 0 Å². The monoisotopic (exact) mass is 394 g/mol. The molecule has 2 saturated carbocycles. The van der Waals surface area contributed by atoms with Gasteiger partial charge in [0.05, 0.1) is 0 Å². The highest BCUT2D eigenvalue weighted by Gasteiger charge is 2.76. The fourth-order valence-corrected chi connectivity index (χ4v) is 3.66. The Labute approximate surface area is 130 Å². The van der Waals surface area contributed by atoms with Crippen molar-refractivity contribution in [1.82, 2.24) is 0 Å². The van der Waals surface area contributed by atoms with Crippen LogP contribution in [-0.2, 0) is 15.0 Å². The Morgan fingerprint density at radius 1 is 0.833 bits per heavy atom. The van der Waals surface area contributed by atoms with Gasteiger partial charge in [-0.25, -0.2) is 4.74 Å². The minimum Gasteiger partial charge on any atom is -0.244 e. The molecule has 0 amide bonds. The van der Waals surface area contributed by atoms with E-state index in [0.29, 0.717) is 6.42 Å². The van der Waals surface area contributed by atoms with Crippen molar-refractivity contribution < 1.29 is 52.2 Å². The minimum atomic E-state index is -7.39. The lowest BCUT2D eigenvalue weighted by atomic mass is 9.83. The highest BCUT2D eigenvalue weighted by Crippen LogP contribution is 2.58. The van der Waals surface area contributed by atoms with E-state index in [0.717, 1.165) is 0 Å². The van der Waals surface area contributed by atoms with Crippen molar-refractivity contribution in [2.24, 2.45) is 17.8 Å². The first-order chi connectivity index (χ1) is 10.5. The van der Waals surface area contributed by atoms with Gasteiger partial charge in [-0.2, -0.15) is 43.5 Å². The van der Waals surface area contributed by atoms with Gasteiger partial charge in [-0.1, -0.05) is 10.3 Å². The number of halogens is 9. The van der Waals surface area contributed by atoms with Crippen LogP contribution in [0.4, 0.5) is 39.0 Å². The van der Waals surface area contributed by atoms with Crippen LogP contribution in [0.1, 0.15) is 25.7 Å². The number of rotatable bonds is 6. The Kier molecular flexibility index (Phi) is 4.40. The summed E-state index contributed by atoms with van der Waals surface area (Å²) >= 11 is 0. The zero-order valence-corrected chi connectivity index (χ0v) is 12.4. The second-order valence-corrected chi connectivity index (χ2v) is 7.38. The third-order valence-corrected chi connectivity index (χ3v) is 5.34. The first-order valence-electron chi connectivity index (χ1n) is 6.68. The molecule has 0 aromatic carbocycles. The summed E-state index contributed by atoms with van der Waals surface area (Å²) in [6.45, 7) is 0. The van der Waals surface area contributed by atoms with Gasteiger partial charge in [-0.15, -0.1) is 0 Å². The Morgan fingerprint density at radius 3 is 1.75 bits per heavy atom. The number of ether oxygens (including phenoxy) is 1. The molecule has 13 heteroatoms. The zero-order valence-electron chi connectivity index (χ0n) is 11.6. The van der Waals surface area contributed by atoms with Crippen molar-refractivity contribution in [2.45, 2.75) is 49.1 Å². The molecule has 2 fully saturated rings. The summed E-state index contributed by atoms with van der Waals surface area (Å²) in [5.41, 5.74) is 0. The van der Waals surface area contributed by atoms with Gasteiger partial charge in [0.15, 0.2) is 0 Å². The quantitative estimate of drug-likeness (QED) is 0.502. The molecule has 3 atom stereocenters. The Hall–Kier alpha value is -0.720. The summed E-state index contributed by atoms with van der Waals surface area (Å²) in [6.07, 6.45) is -12.4. The Balaban J connectivity index is 2.26. The first-order valence-corrected chi connectivity index (χ1v) is 8.07. The van der Waals surface area contributed by atoms with Crippen molar-refractivity contribution >= 4 is 10.2 Å². The summed E-state index contributed by atoms with van der Waals surface area (Å²) in [5.74, 6) is -8.57. The van der Waals surface area contributed by atoms with Gasteiger partial charge in [-0.05, 0) is 31.1 Å². The summed E-state index contributed by atoms with van der Waals surface area (Å²) in [6, 6.07) is 0. The lowest BCUT2D eigenvalue weighted by Gasteiger charge is -2.36. The summed E-state index contributed by atoms with van der Waals surface area (Å²) in [5, 5.41) is -6.76. The number of alkyl halides is 8. The maximum atomic E-state index is 13.9. The van der Waals surface area contributed by atoms with Crippen molar-refractivity contribution in [2.75, 3.05) is 0 Å². The highest BCUT2D eigenvalue weighted by molar-refractivity contribution is 7.87. The van der Waals surface area contributed by atoms with E-state index < -0.39 is 51.9 Å². The minimum absolute atomic E-state index is 0.145. The summed E-state index contributed by atoms with van der Waals surface area (Å²) < 4.78 is 141. The number of hydrogen-bond acceptors (Lipinski definition) is 3. The van der Waals surface area contributed by atoms with E-state index in [1.165, 1.54) is 0 Å². The molecule has 142 valence electrons. The van der Waals surface area contributed by atoms with E-state index in [-0.39, 0.29) is 18.8 Å². The third-order valence-electron chi connectivity index (χ3n) is 4.49. The van der Waals surface area contributed by atoms with Gasteiger partial charge in [-0.3, -0.25) is 0 Å². The second kappa shape index (κ2) is 5.39. The third kappa shape index (κ3) is 2.86. The highest BCUT2D eigenvalue weighted by atomic mass is 32.3. The maximum absolute atomic E-state index is 13.9. The first kappa shape index (κ1) is 19.6. The van der Waals surface area contributed by atoms with Crippen LogP contribution in [0.2, 0.25) is 0 Å². The van der Waals surface area contributed by atoms with Crippen LogP contribution in [-0.4, -0.2) is 31.8 Å². The van der Waals surface area contributed by atoms with Crippen LogP contribution >= 0.6 is 0 Å². The average molecular weight is 394 g/mol. The molecule has 0 aromatic heterocycles. The van der Waals surface area contributed by atoms with E-state index in [1.807, 2.05) is 0 Å². The van der Waals surface area contributed by atoms with Crippen LogP contribution in [0, 0.1) is 17.8 Å². The molecule has 0 spiro atoms. The average Bonchev–Trinajstić information content (AvgIpc) is 2.97. The molecule has 2 rings (SSSR count). The standard InChI is InChI=1S/C11H11F9O3S/c12-8(13,7-4-5-1-2-6(7)3-5)9(14,15)23-10(16,17)11(18,19)24(20,21)22/h5-7H,1-4H2. The molecule has 2 aliphatic carbocycles. The molecule has 0 aromatic rings. The molecule has 2 bridgehead atoms. The topological polar surface area (TPSA) is 43.4 Å². The molecule has 3 unspecified atom stereocenters. The lowest BCUT2D eigenvalue weighted by Crippen LogP contribution is -2.57. The zero-order chi connectivity index (χ0) is 18.8. The van der Waals surface area contributed by atoms with E-state index in [1.54, 1.807) is 0 Å².